The fourth-order valence-electron chi connectivity index (χ4n) is 2.78. The van der Waals surface area contributed by atoms with Crippen molar-refractivity contribution in [3.8, 4) is 5.75 Å². The number of methoxy groups -OCH3 is 1. The summed E-state index contributed by atoms with van der Waals surface area (Å²) in [6, 6.07) is 9.39. The van der Waals surface area contributed by atoms with Gasteiger partial charge in [-0.2, -0.15) is 0 Å². The molecule has 2 heterocycles. The van der Waals surface area contributed by atoms with Crippen LogP contribution in [0.2, 0.25) is 0 Å². The van der Waals surface area contributed by atoms with Gasteiger partial charge in [0, 0.05) is 32.0 Å². The lowest BCUT2D eigenvalue weighted by Gasteiger charge is -2.28. The summed E-state index contributed by atoms with van der Waals surface area (Å²) in [5.74, 6) is 1.97. The smallest absolute Gasteiger partial charge is 0.156 e. The molecular weight excluding hydrogens is 290 g/mol. The second-order valence-electron chi connectivity index (χ2n) is 5.69. The number of aryl methyl sites for hydroxylation is 1. The molecule has 0 saturated carbocycles. The van der Waals surface area contributed by atoms with Gasteiger partial charge in [0.2, 0.25) is 0 Å². The van der Waals surface area contributed by atoms with Gasteiger partial charge in [0.05, 0.1) is 0 Å². The van der Waals surface area contributed by atoms with Crippen LogP contribution in [0.3, 0.4) is 0 Å². The molecule has 1 aliphatic rings. The molecule has 3 rings (SSSR count). The molecule has 0 bridgehead atoms. The standard InChI is InChI=1S/C18H21N3O2/c1-13-11-18(20-17(19-13)12-23-2)21-9-7-15(8-10-21)14-3-5-16(22)6-4-14/h3-7,11,22H,8-10,12H2,1-2H3. The van der Waals surface area contributed by atoms with Crippen molar-refractivity contribution < 1.29 is 9.84 Å². The van der Waals surface area contributed by atoms with Crippen molar-refractivity contribution >= 4 is 11.4 Å². The van der Waals surface area contributed by atoms with Gasteiger partial charge in [0.15, 0.2) is 5.82 Å². The molecule has 0 fully saturated rings. The average Bonchev–Trinajstić information content (AvgIpc) is 2.55. The monoisotopic (exact) mass is 311 g/mol. The van der Waals surface area contributed by atoms with Crippen molar-refractivity contribution in [1.82, 2.24) is 9.97 Å². The van der Waals surface area contributed by atoms with Crippen LogP contribution in [-0.4, -0.2) is 35.3 Å². The number of aromatic nitrogens is 2. The molecule has 1 aromatic carbocycles. The van der Waals surface area contributed by atoms with E-state index >= 15 is 0 Å². The van der Waals surface area contributed by atoms with Crippen molar-refractivity contribution in [2.45, 2.75) is 20.0 Å². The van der Waals surface area contributed by atoms with Crippen molar-refractivity contribution in [2.75, 3.05) is 25.1 Å². The molecule has 0 saturated heterocycles. The number of rotatable bonds is 4. The predicted octanol–water partition coefficient (Wildman–Crippen LogP) is 2.93. The third-order valence-electron chi connectivity index (χ3n) is 3.93. The van der Waals surface area contributed by atoms with Crippen LogP contribution in [0.5, 0.6) is 5.75 Å². The molecule has 5 heteroatoms. The molecule has 1 aliphatic heterocycles. The van der Waals surface area contributed by atoms with Crippen LogP contribution in [0.1, 0.15) is 23.5 Å². The molecule has 1 aromatic heterocycles. The summed E-state index contributed by atoms with van der Waals surface area (Å²) in [4.78, 5) is 11.2. The maximum Gasteiger partial charge on any atom is 0.156 e. The largest absolute Gasteiger partial charge is 0.508 e. The SMILES string of the molecule is COCc1nc(C)cc(N2CC=C(c3ccc(O)cc3)CC2)n1. The fourth-order valence-corrected chi connectivity index (χ4v) is 2.78. The lowest BCUT2D eigenvalue weighted by atomic mass is 9.99. The number of hydrogen-bond acceptors (Lipinski definition) is 5. The van der Waals surface area contributed by atoms with Crippen molar-refractivity contribution in [3.63, 3.8) is 0 Å². The van der Waals surface area contributed by atoms with E-state index in [0.29, 0.717) is 12.4 Å². The van der Waals surface area contributed by atoms with Crippen LogP contribution < -0.4 is 4.90 Å². The number of ether oxygens (including phenoxy) is 1. The summed E-state index contributed by atoms with van der Waals surface area (Å²) in [5.41, 5.74) is 3.43. The Hall–Kier alpha value is -2.40. The normalized spacial score (nSPS) is 14.7. The molecule has 0 spiro atoms. The highest BCUT2D eigenvalue weighted by Crippen LogP contribution is 2.26. The molecule has 5 nitrogen and oxygen atoms in total. The van der Waals surface area contributed by atoms with Crippen molar-refractivity contribution in [2.24, 2.45) is 0 Å². The maximum absolute atomic E-state index is 9.39. The van der Waals surface area contributed by atoms with Gasteiger partial charge in [0.1, 0.15) is 18.2 Å². The minimum absolute atomic E-state index is 0.300. The molecule has 0 radical (unpaired) electrons. The zero-order valence-electron chi connectivity index (χ0n) is 13.5. The summed E-state index contributed by atoms with van der Waals surface area (Å²) in [7, 11) is 1.65. The minimum atomic E-state index is 0.300. The van der Waals surface area contributed by atoms with E-state index in [2.05, 4.69) is 20.9 Å². The van der Waals surface area contributed by atoms with Gasteiger partial charge >= 0.3 is 0 Å². The Morgan fingerprint density at radius 3 is 2.65 bits per heavy atom. The third-order valence-corrected chi connectivity index (χ3v) is 3.93. The van der Waals surface area contributed by atoms with Crippen molar-refractivity contribution in [3.05, 3.63) is 53.5 Å². The molecular formula is C18H21N3O2. The van der Waals surface area contributed by atoms with E-state index in [1.807, 2.05) is 25.1 Å². The Labute approximate surface area is 136 Å². The Kier molecular flexibility index (Phi) is 4.57. The number of benzene rings is 1. The van der Waals surface area contributed by atoms with E-state index in [9.17, 15) is 5.11 Å². The van der Waals surface area contributed by atoms with E-state index < -0.39 is 0 Å². The van der Waals surface area contributed by atoms with E-state index in [1.54, 1.807) is 19.2 Å². The van der Waals surface area contributed by atoms with E-state index in [0.717, 1.165) is 36.8 Å². The predicted molar refractivity (Wildman–Crippen MR) is 90.4 cm³/mol. The highest BCUT2D eigenvalue weighted by Gasteiger charge is 2.15. The number of aromatic hydroxyl groups is 1. The zero-order valence-corrected chi connectivity index (χ0v) is 13.5. The molecule has 1 N–H and O–H groups in total. The number of anilines is 1. The quantitative estimate of drug-likeness (QED) is 0.941. The number of phenolic OH excluding ortho intramolecular Hbond substituents is 1. The van der Waals surface area contributed by atoms with E-state index in [-0.39, 0.29) is 0 Å². The van der Waals surface area contributed by atoms with Crippen LogP contribution in [0.25, 0.3) is 5.57 Å². The van der Waals surface area contributed by atoms with Crippen molar-refractivity contribution in [1.29, 1.82) is 0 Å². The Morgan fingerprint density at radius 1 is 1.22 bits per heavy atom. The molecule has 23 heavy (non-hydrogen) atoms. The van der Waals surface area contributed by atoms with Crippen LogP contribution in [0.4, 0.5) is 5.82 Å². The fraction of sp³-hybridized carbons (Fsp3) is 0.333. The first-order valence-corrected chi connectivity index (χ1v) is 7.72. The van der Waals surface area contributed by atoms with Gasteiger partial charge < -0.3 is 14.7 Å². The molecule has 120 valence electrons. The lowest BCUT2D eigenvalue weighted by molar-refractivity contribution is 0.177. The third kappa shape index (κ3) is 3.68. The van der Waals surface area contributed by atoms with Crippen LogP contribution in [-0.2, 0) is 11.3 Å². The Bertz CT molecular complexity index is 711. The highest BCUT2D eigenvalue weighted by atomic mass is 16.5. The lowest BCUT2D eigenvalue weighted by Crippen LogP contribution is -2.29. The Balaban J connectivity index is 1.76. The second kappa shape index (κ2) is 6.79. The maximum atomic E-state index is 9.39. The summed E-state index contributed by atoms with van der Waals surface area (Å²) >= 11 is 0. The summed E-state index contributed by atoms with van der Waals surface area (Å²) in [6.07, 6.45) is 3.18. The number of nitrogens with zero attached hydrogens (tertiary/aromatic N) is 3. The van der Waals surface area contributed by atoms with Gasteiger partial charge in [-0.3, -0.25) is 0 Å². The second-order valence-corrected chi connectivity index (χ2v) is 5.69. The zero-order chi connectivity index (χ0) is 16.2. The minimum Gasteiger partial charge on any atom is -0.508 e. The molecule has 2 aromatic rings. The van der Waals surface area contributed by atoms with Gasteiger partial charge in [-0.1, -0.05) is 18.2 Å². The van der Waals surface area contributed by atoms with Gasteiger partial charge in [0.25, 0.3) is 0 Å². The number of phenols is 1. The molecule has 0 aliphatic carbocycles. The van der Waals surface area contributed by atoms with Gasteiger partial charge in [-0.15, -0.1) is 0 Å². The Morgan fingerprint density at radius 2 is 2.00 bits per heavy atom. The summed E-state index contributed by atoms with van der Waals surface area (Å²) in [5, 5.41) is 9.39. The van der Waals surface area contributed by atoms with Gasteiger partial charge in [-0.25, -0.2) is 9.97 Å². The first kappa shape index (κ1) is 15.5. The van der Waals surface area contributed by atoms with Crippen LogP contribution >= 0.6 is 0 Å². The van der Waals surface area contributed by atoms with Gasteiger partial charge in [-0.05, 0) is 36.6 Å². The summed E-state index contributed by atoms with van der Waals surface area (Å²) < 4.78 is 5.13. The molecule has 0 atom stereocenters. The first-order chi connectivity index (χ1) is 11.2. The molecule has 0 amide bonds. The first-order valence-electron chi connectivity index (χ1n) is 7.72. The summed E-state index contributed by atoms with van der Waals surface area (Å²) in [6.45, 7) is 4.14. The van der Waals surface area contributed by atoms with E-state index in [4.69, 9.17) is 4.74 Å². The molecule has 0 unspecified atom stereocenters. The average molecular weight is 311 g/mol. The van der Waals surface area contributed by atoms with Crippen LogP contribution in [0.15, 0.2) is 36.4 Å². The highest BCUT2D eigenvalue weighted by molar-refractivity contribution is 5.68. The number of hydrogen-bond donors (Lipinski definition) is 1. The topological polar surface area (TPSA) is 58.5 Å². The van der Waals surface area contributed by atoms with E-state index in [1.165, 1.54) is 11.1 Å². The van der Waals surface area contributed by atoms with Crippen LogP contribution in [0, 0.1) is 6.92 Å².